The van der Waals surface area contributed by atoms with Crippen LogP contribution in [0.2, 0.25) is 0 Å². The maximum Gasteiger partial charge on any atom is 0.272 e. The minimum Gasteiger partial charge on any atom is -0.497 e. The van der Waals surface area contributed by atoms with Crippen LogP contribution in [0.15, 0.2) is 63.4 Å². The molecule has 6 nitrogen and oxygen atoms in total. The van der Waals surface area contributed by atoms with Crippen molar-refractivity contribution in [3.05, 3.63) is 70.1 Å². The number of nitrogens with zero attached hydrogens (tertiary/aromatic N) is 2. The van der Waals surface area contributed by atoms with Crippen LogP contribution in [0.4, 0.5) is 5.69 Å². The molecular weight excluding hydrogens is 454 g/mol. The van der Waals surface area contributed by atoms with E-state index in [1.807, 2.05) is 36.4 Å². The van der Waals surface area contributed by atoms with Gasteiger partial charge < -0.3 is 10.1 Å². The first-order valence-corrected chi connectivity index (χ1v) is 13.0. The van der Waals surface area contributed by atoms with E-state index in [1.54, 1.807) is 23.4 Å². The molecule has 0 spiro atoms. The summed E-state index contributed by atoms with van der Waals surface area (Å²) >= 11 is 2.82. The Morgan fingerprint density at radius 2 is 1.94 bits per heavy atom. The Morgan fingerprint density at radius 3 is 2.64 bits per heavy atom. The van der Waals surface area contributed by atoms with Crippen LogP contribution in [0, 0.1) is 0 Å². The number of rotatable bonds is 9. The van der Waals surface area contributed by atoms with Gasteiger partial charge in [-0.1, -0.05) is 37.2 Å². The summed E-state index contributed by atoms with van der Waals surface area (Å²) in [6, 6.07) is 15.3. The highest BCUT2D eigenvalue weighted by Crippen LogP contribution is 2.30. The van der Waals surface area contributed by atoms with Crippen molar-refractivity contribution in [2.45, 2.75) is 42.7 Å². The number of unbranched alkanes of at least 4 members (excludes halogenated alkanes) is 1. The number of amides is 1. The third kappa shape index (κ3) is 5.62. The highest BCUT2D eigenvalue weighted by atomic mass is 32.2. The maximum absolute atomic E-state index is 13.2. The highest BCUT2D eigenvalue weighted by molar-refractivity contribution is 8.00. The smallest absolute Gasteiger partial charge is 0.272 e. The summed E-state index contributed by atoms with van der Waals surface area (Å²) in [4.78, 5) is 31.3. The molecule has 0 bridgehead atoms. The number of hydrogen-bond acceptors (Lipinski definition) is 6. The van der Waals surface area contributed by atoms with Crippen molar-refractivity contribution in [1.82, 2.24) is 9.55 Å². The zero-order valence-corrected chi connectivity index (χ0v) is 20.4. The van der Waals surface area contributed by atoms with Crippen LogP contribution in [-0.4, -0.2) is 34.1 Å². The molecule has 0 saturated carbocycles. The summed E-state index contributed by atoms with van der Waals surface area (Å²) in [7, 11) is 1.60. The fraction of sp³-hybridized carbons (Fsp3) is 0.320. The van der Waals surface area contributed by atoms with Gasteiger partial charge in [-0.05, 0) is 54.8 Å². The molecule has 1 aliphatic heterocycles. The van der Waals surface area contributed by atoms with Crippen LogP contribution >= 0.6 is 23.5 Å². The van der Waals surface area contributed by atoms with E-state index in [9.17, 15) is 9.59 Å². The number of carbonyl (C=O) groups is 1. The minimum absolute atomic E-state index is 0.0850. The minimum atomic E-state index is -0.133. The van der Waals surface area contributed by atoms with Crippen LogP contribution in [0.5, 0.6) is 5.75 Å². The molecule has 2 aromatic carbocycles. The van der Waals surface area contributed by atoms with Crippen LogP contribution in [0.1, 0.15) is 31.0 Å². The van der Waals surface area contributed by atoms with Gasteiger partial charge in [-0.15, -0.1) is 11.8 Å². The topological polar surface area (TPSA) is 73.2 Å². The molecule has 1 aromatic heterocycles. The molecule has 3 aromatic rings. The largest absolute Gasteiger partial charge is 0.497 e. The summed E-state index contributed by atoms with van der Waals surface area (Å²) in [5.74, 6) is 1.59. The molecule has 0 saturated heterocycles. The Balaban J connectivity index is 1.51. The van der Waals surface area contributed by atoms with E-state index in [1.165, 1.54) is 17.3 Å². The lowest BCUT2D eigenvalue weighted by molar-refractivity contribution is -0.113. The standard InChI is InChI=1S/C25H27N3O3S2/c1-3-4-5-17-6-8-18(9-7-17)26-22(29)16-33-25-27-21-14-15-32-23(21)24(30)28(25)19-10-12-20(31-2)13-11-19/h6-13H,3-5,14-16H2,1-2H3,(H,26,29). The lowest BCUT2D eigenvalue weighted by Crippen LogP contribution is -2.24. The highest BCUT2D eigenvalue weighted by Gasteiger charge is 2.23. The Bertz CT molecular complexity index is 1180. The van der Waals surface area contributed by atoms with Crippen molar-refractivity contribution >= 4 is 35.1 Å². The normalized spacial score (nSPS) is 12.4. The number of aromatic nitrogens is 2. The Labute approximate surface area is 202 Å². The van der Waals surface area contributed by atoms with Crippen molar-refractivity contribution in [2.24, 2.45) is 0 Å². The van der Waals surface area contributed by atoms with Gasteiger partial charge in [0.25, 0.3) is 5.56 Å². The molecule has 172 valence electrons. The van der Waals surface area contributed by atoms with Gasteiger partial charge >= 0.3 is 0 Å². The summed E-state index contributed by atoms with van der Waals surface area (Å²) in [6.07, 6.45) is 4.13. The van der Waals surface area contributed by atoms with Crippen LogP contribution in [0.3, 0.4) is 0 Å². The van der Waals surface area contributed by atoms with Crippen molar-refractivity contribution in [1.29, 1.82) is 0 Å². The second-order valence-electron chi connectivity index (χ2n) is 7.74. The van der Waals surface area contributed by atoms with Crippen LogP contribution in [0.25, 0.3) is 5.69 Å². The second-order valence-corrected chi connectivity index (χ2v) is 9.79. The van der Waals surface area contributed by atoms with Gasteiger partial charge in [-0.2, -0.15) is 0 Å². The van der Waals surface area contributed by atoms with Crippen molar-refractivity contribution in [3.8, 4) is 11.4 Å². The van der Waals surface area contributed by atoms with Crippen LogP contribution < -0.4 is 15.6 Å². The zero-order valence-electron chi connectivity index (χ0n) is 18.8. The molecule has 0 unspecified atom stereocenters. The second kappa shape index (κ2) is 10.9. The predicted octanol–water partition coefficient (Wildman–Crippen LogP) is 4.96. The molecule has 0 aliphatic carbocycles. The number of methoxy groups -OCH3 is 1. The van der Waals surface area contributed by atoms with Gasteiger partial charge in [-0.25, -0.2) is 4.98 Å². The van der Waals surface area contributed by atoms with E-state index in [0.29, 0.717) is 21.5 Å². The first-order chi connectivity index (χ1) is 16.1. The van der Waals surface area contributed by atoms with Gasteiger partial charge in [0.05, 0.1) is 29.1 Å². The molecule has 0 fully saturated rings. The monoisotopic (exact) mass is 481 g/mol. The molecule has 4 rings (SSSR count). The average Bonchev–Trinajstić information content (AvgIpc) is 3.32. The Hall–Kier alpha value is -2.71. The van der Waals surface area contributed by atoms with E-state index in [-0.39, 0.29) is 17.2 Å². The van der Waals surface area contributed by atoms with Crippen LogP contribution in [-0.2, 0) is 17.6 Å². The fourth-order valence-electron chi connectivity index (χ4n) is 3.61. The van der Waals surface area contributed by atoms with Gasteiger partial charge in [0.2, 0.25) is 5.91 Å². The van der Waals surface area contributed by atoms with E-state index in [4.69, 9.17) is 9.72 Å². The summed E-state index contributed by atoms with van der Waals surface area (Å²) < 4.78 is 6.83. The average molecular weight is 482 g/mol. The molecule has 1 N–H and O–H groups in total. The fourth-order valence-corrected chi connectivity index (χ4v) is 5.46. The summed E-state index contributed by atoms with van der Waals surface area (Å²) in [5, 5.41) is 3.47. The van der Waals surface area contributed by atoms with Crippen molar-refractivity contribution in [2.75, 3.05) is 23.9 Å². The number of fused-ring (bicyclic) bond motifs is 1. The number of anilines is 1. The maximum atomic E-state index is 13.2. The number of aryl methyl sites for hydroxylation is 2. The summed E-state index contributed by atoms with van der Waals surface area (Å²) in [5.41, 5.74) is 3.48. The van der Waals surface area contributed by atoms with Crippen molar-refractivity contribution < 1.29 is 9.53 Å². The number of hydrogen-bond donors (Lipinski definition) is 1. The van der Waals surface area contributed by atoms with Gasteiger partial charge in [0.15, 0.2) is 5.16 Å². The van der Waals surface area contributed by atoms with E-state index < -0.39 is 0 Å². The lowest BCUT2D eigenvalue weighted by atomic mass is 10.1. The van der Waals surface area contributed by atoms with Gasteiger partial charge in [0.1, 0.15) is 5.75 Å². The number of nitrogens with one attached hydrogen (secondary N) is 1. The quantitative estimate of drug-likeness (QED) is 0.344. The number of ether oxygens (including phenoxy) is 1. The summed E-state index contributed by atoms with van der Waals surface area (Å²) in [6.45, 7) is 2.18. The molecular formula is C25H27N3O3S2. The first-order valence-electron chi connectivity index (χ1n) is 11.0. The Morgan fingerprint density at radius 1 is 1.18 bits per heavy atom. The molecule has 0 radical (unpaired) electrons. The lowest BCUT2D eigenvalue weighted by Gasteiger charge is -2.14. The van der Waals surface area contributed by atoms with E-state index in [0.717, 1.165) is 42.8 Å². The van der Waals surface area contributed by atoms with Gasteiger partial charge in [0, 0.05) is 17.9 Å². The van der Waals surface area contributed by atoms with E-state index in [2.05, 4.69) is 24.4 Å². The molecule has 1 amide bonds. The number of thioether (sulfide) groups is 2. The molecule has 33 heavy (non-hydrogen) atoms. The first kappa shape index (κ1) is 23.4. The number of benzene rings is 2. The third-order valence-corrected chi connectivity index (χ3v) is 7.43. The molecule has 8 heteroatoms. The Kier molecular flexibility index (Phi) is 7.77. The van der Waals surface area contributed by atoms with E-state index >= 15 is 0 Å². The molecule has 0 atom stereocenters. The molecule has 1 aliphatic rings. The molecule has 2 heterocycles. The predicted molar refractivity (Wildman–Crippen MR) is 135 cm³/mol. The SMILES string of the molecule is CCCCc1ccc(NC(=O)CSc2nc3c(c(=O)n2-c2ccc(OC)cc2)SCC3)cc1. The number of carbonyl (C=O) groups excluding carboxylic acids is 1. The van der Waals surface area contributed by atoms with Gasteiger partial charge in [-0.3, -0.25) is 14.2 Å². The van der Waals surface area contributed by atoms with Crippen molar-refractivity contribution in [3.63, 3.8) is 0 Å². The zero-order chi connectivity index (χ0) is 23.2. The third-order valence-electron chi connectivity index (χ3n) is 5.39.